The minimum atomic E-state index is -1.11. The molecule has 0 aliphatic heterocycles. The molecule has 0 aliphatic rings. The molecule has 0 heterocycles. The van der Waals surface area contributed by atoms with E-state index in [2.05, 4.69) is 11.9 Å². The summed E-state index contributed by atoms with van der Waals surface area (Å²) in [5.74, 6) is -0.995. The predicted molar refractivity (Wildman–Crippen MR) is 66.0 cm³/mol. The van der Waals surface area contributed by atoms with E-state index in [9.17, 15) is 14.7 Å². The number of hydrogen-bond acceptors (Lipinski definition) is 3. The highest BCUT2D eigenvalue weighted by Gasteiger charge is 2.23. The summed E-state index contributed by atoms with van der Waals surface area (Å²) in [4.78, 5) is 22.7. The molecule has 5 nitrogen and oxygen atoms in total. The van der Waals surface area contributed by atoms with Gasteiger partial charge in [0.05, 0.1) is 0 Å². The molecule has 17 heavy (non-hydrogen) atoms. The van der Waals surface area contributed by atoms with Crippen molar-refractivity contribution in [3.05, 3.63) is 12.2 Å². The van der Waals surface area contributed by atoms with Crippen molar-refractivity contribution < 1.29 is 14.7 Å². The Balaban J connectivity index is 4.39. The maximum Gasteiger partial charge on any atom is 0.249 e. The lowest BCUT2D eigenvalue weighted by Crippen LogP contribution is -2.48. The summed E-state index contributed by atoms with van der Waals surface area (Å²) >= 11 is 0. The van der Waals surface area contributed by atoms with Gasteiger partial charge < -0.3 is 16.2 Å². The first-order valence-electron chi connectivity index (χ1n) is 5.66. The Morgan fingerprint density at radius 2 is 1.94 bits per heavy atom. The van der Waals surface area contributed by atoms with E-state index in [1.54, 1.807) is 6.92 Å². The molecule has 0 aliphatic carbocycles. The van der Waals surface area contributed by atoms with Crippen molar-refractivity contribution in [3.63, 3.8) is 0 Å². The summed E-state index contributed by atoms with van der Waals surface area (Å²) in [6.45, 7) is 9.20. The van der Waals surface area contributed by atoms with E-state index in [0.29, 0.717) is 6.42 Å². The lowest BCUT2D eigenvalue weighted by molar-refractivity contribution is -0.133. The van der Waals surface area contributed by atoms with Gasteiger partial charge in [0.1, 0.15) is 12.1 Å². The maximum atomic E-state index is 11.6. The molecule has 0 rings (SSSR count). The van der Waals surface area contributed by atoms with Crippen LogP contribution in [0.2, 0.25) is 0 Å². The van der Waals surface area contributed by atoms with Gasteiger partial charge in [0.2, 0.25) is 11.8 Å². The first kappa shape index (κ1) is 15.6. The van der Waals surface area contributed by atoms with E-state index < -0.39 is 24.0 Å². The van der Waals surface area contributed by atoms with Crippen molar-refractivity contribution in [2.75, 3.05) is 0 Å². The van der Waals surface area contributed by atoms with Gasteiger partial charge in [-0.3, -0.25) is 9.59 Å². The number of nitrogens with two attached hydrogens (primary N) is 1. The van der Waals surface area contributed by atoms with Gasteiger partial charge in [-0.25, -0.2) is 0 Å². The van der Waals surface area contributed by atoms with E-state index in [1.165, 1.54) is 0 Å². The van der Waals surface area contributed by atoms with Crippen LogP contribution in [0.1, 0.15) is 33.6 Å². The van der Waals surface area contributed by atoms with Gasteiger partial charge in [0, 0.05) is 0 Å². The standard InChI is InChI=1S/C12H22N2O3/c1-7(2)5-9(11(13)16)14-12(17)10(15)6-8(3)4/h8-10,15H,1,5-6H2,2-4H3,(H2,13,16)(H,14,17)/t9-,10-/m0/s1. The quantitative estimate of drug-likeness (QED) is 0.562. The summed E-state index contributed by atoms with van der Waals surface area (Å²) in [5.41, 5.74) is 5.90. The van der Waals surface area contributed by atoms with Gasteiger partial charge in [-0.15, -0.1) is 6.58 Å². The van der Waals surface area contributed by atoms with Crippen LogP contribution < -0.4 is 11.1 Å². The topological polar surface area (TPSA) is 92.4 Å². The van der Waals surface area contributed by atoms with Crippen LogP contribution in [0.25, 0.3) is 0 Å². The summed E-state index contributed by atoms with van der Waals surface area (Å²) in [6, 6.07) is -0.804. The minimum absolute atomic E-state index is 0.198. The van der Waals surface area contributed by atoms with Gasteiger partial charge in [0.15, 0.2) is 0 Å². The maximum absolute atomic E-state index is 11.6. The minimum Gasteiger partial charge on any atom is -0.383 e. The SMILES string of the molecule is C=C(C)C[C@H](NC(=O)[C@@H](O)CC(C)C)C(N)=O. The third-order valence-corrected chi connectivity index (χ3v) is 2.21. The van der Waals surface area contributed by atoms with Crippen molar-refractivity contribution in [1.29, 1.82) is 0 Å². The van der Waals surface area contributed by atoms with Crippen LogP contribution in [0.4, 0.5) is 0 Å². The van der Waals surface area contributed by atoms with Crippen LogP contribution in [0.15, 0.2) is 12.2 Å². The van der Waals surface area contributed by atoms with Crippen LogP contribution in [-0.4, -0.2) is 29.1 Å². The normalized spacial score (nSPS) is 14.2. The second-order valence-corrected chi connectivity index (χ2v) is 4.77. The Morgan fingerprint density at radius 1 is 1.41 bits per heavy atom. The lowest BCUT2D eigenvalue weighted by Gasteiger charge is -2.18. The van der Waals surface area contributed by atoms with Crippen LogP contribution in [0.3, 0.4) is 0 Å². The summed E-state index contributed by atoms with van der Waals surface area (Å²) in [5, 5.41) is 12.0. The lowest BCUT2D eigenvalue weighted by atomic mass is 10.0. The Morgan fingerprint density at radius 3 is 2.29 bits per heavy atom. The largest absolute Gasteiger partial charge is 0.383 e. The van der Waals surface area contributed by atoms with Gasteiger partial charge in [-0.05, 0) is 25.7 Å². The third kappa shape index (κ3) is 6.73. The number of aliphatic hydroxyl groups excluding tert-OH is 1. The van der Waals surface area contributed by atoms with E-state index in [1.807, 2.05) is 13.8 Å². The molecule has 0 aromatic carbocycles. The van der Waals surface area contributed by atoms with E-state index in [0.717, 1.165) is 5.57 Å². The fourth-order valence-corrected chi connectivity index (χ4v) is 1.39. The average molecular weight is 242 g/mol. The van der Waals surface area contributed by atoms with E-state index in [-0.39, 0.29) is 12.3 Å². The molecule has 0 spiro atoms. The summed E-state index contributed by atoms with van der Waals surface area (Å²) < 4.78 is 0. The van der Waals surface area contributed by atoms with E-state index in [4.69, 9.17) is 5.73 Å². The molecule has 98 valence electrons. The van der Waals surface area contributed by atoms with Crippen LogP contribution >= 0.6 is 0 Å². The number of carbonyl (C=O) groups is 2. The molecule has 0 radical (unpaired) electrons. The molecule has 4 N–H and O–H groups in total. The second-order valence-electron chi connectivity index (χ2n) is 4.77. The smallest absolute Gasteiger partial charge is 0.249 e. The molecular formula is C12H22N2O3. The molecule has 0 fully saturated rings. The highest BCUT2D eigenvalue weighted by molar-refractivity contribution is 5.88. The Hall–Kier alpha value is -1.36. The Bertz CT molecular complexity index is 300. The molecular weight excluding hydrogens is 220 g/mol. The highest BCUT2D eigenvalue weighted by Crippen LogP contribution is 2.06. The number of primary amides is 1. The first-order chi connectivity index (χ1) is 7.73. The fourth-order valence-electron chi connectivity index (χ4n) is 1.39. The number of nitrogens with one attached hydrogen (secondary N) is 1. The fraction of sp³-hybridized carbons (Fsp3) is 0.667. The average Bonchev–Trinajstić information content (AvgIpc) is 2.14. The van der Waals surface area contributed by atoms with Gasteiger partial charge in [-0.1, -0.05) is 19.4 Å². The number of aliphatic hydroxyl groups is 1. The zero-order valence-electron chi connectivity index (χ0n) is 10.7. The van der Waals surface area contributed by atoms with Crippen molar-refractivity contribution in [3.8, 4) is 0 Å². The summed E-state index contributed by atoms with van der Waals surface area (Å²) in [7, 11) is 0. The molecule has 0 saturated heterocycles. The molecule has 2 atom stereocenters. The van der Waals surface area contributed by atoms with E-state index >= 15 is 0 Å². The van der Waals surface area contributed by atoms with Gasteiger partial charge >= 0.3 is 0 Å². The molecule has 0 saturated carbocycles. The van der Waals surface area contributed by atoms with Crippen molar-refractivity contribution in [2.24, 2.45) is 11.7 Å². The highest BCUT2D eigenvalue weighted by atomic mass is 16.3. The zero-order chi connectivity index (χ0) is 13.6. The molecule has 0 unspecified atom stereocenters. The third-order valence-electron chi connectivity index (χ3n) is 2.21. The number of amides is 2. The predicted octanol–water partition coefficient (Wildman–Crippen LogP) is 0.330. The Kier molecular flexibility index (Phi) is 6.50. The first-order valence-corrected chi connectivity index (χ1v) is 5.66. The Labute approximate surface area is 102 Å². The molecule has 0 bridgehead atoms. The molecule has 5 heteroatoms. The van der Waals surface area contributed by atoms with Crippen LogP contribution in [-0.2, 0) is 9.59 Å². The second kappa shape index (κ2) is 7.06. The number of rotatable bonds is 7. The van der Waals surface area contributed by atoms with Crippen LogP contribution in [0.5, 0.6) is 0 Å². The molecule has 2 amide bonds. The summed E-state index contributed by atoms with van der Waals surface area (Å²) in [6.07, 6.45) is -0.471. The zero-order valence-corrected chi connectivity index (χ0v) is 10.7. The van der Waals surface area contributed by atoms with Crippen molar-refractivity contribution in [2.45, 2.75) is 45.8 Å². The number of hydrogen-bond donors (Lipinski definition) is 3. The van der Waals surface area contributed by atoms with Crippen molar-refractivity contribution in [1.82, 2.24) is 5.32 Å². The van der Waals surface area contributed by atoms with Crippen LogP contribution in [0, 0.1) is 5.92 Å². The van der Waals surface area contributed by atoms with Crippen molar-refractivity contribution >= 4 is 11.8 Å². The van der Waals surface area contributed by atoms with Gasteiger partial charge in [0.25, 0.3) is 0 Å². The monoisotopic (exact) mass is 242 g/mol. The molecule has 0 aromatic heterocycles. The van der Waals surface area contributed by atoms with Gasteiger partial charge in [-0.2, -0.15) is 0 Å². The number of carbonyl (C=O) groups excluding carboxylic acids is 2. The molecule has 0 aromatic rings.